The van der Waals surface area contributed by atoms with Crippen LogP contribution in [-0.4, -0.2) is 61.9 Å². The number of amides is 2. The Bertz CT molecular complexity index is 1280. The maximum Gasteiger partial charge on any atom is 0.419 e. The van der Waals surface area contributed by atoms with Crippen LogP contribution in [0.25, 0.3) is 16.5 Å². The molecule has 39 heavy (non-hydrogen) atoms. The van der Waals surface area contributed by atoms with Gasteiger partial charge in [0.2, 0.25) is 0 Å². The second kappa shape index (κ2) is 10.6. The number of ether oxygens (including phenoxy) is 2. The van der Waals surface area contributed by atoms with E-state index in [-0.39, 0.29) is 29.9 Å². The number of aliphatic imine (C=N–C) groups is 1. The summed E-state index contributed by atoms with van der Waals surface area (Å²) >= 11 is 0. The fraction of sp³-hybridized carbons (Fsp3) is 0.607. The van der Waals surface area contributed by atoms with Gasteiger partial charge in [-0.1, -0.05) is 0 Å². The molecule has 0 radical (unpaired) electrons. The van der Waals surface area contributed by atoms with Crippen LogP contribution in [0.4, 0.5) is 14.0 Å². The molecule has 0 bridgehead atoms. The summed E-state index contributed by atoms with van der Waals surface area (Å²) in [5.41, 5.74) is 7.20. The standard InChI is InChI=1S/C28H39FN6O4/c1-27(2,3)38-25(36)35(26(37)39-28(4,5)6)14-16-10-18(11-16)31-12-19(22(30)17-8-9-17)23-20-15-34(7)33-24(20)21(29)13-32-23/h12-13,15-18H,8-11,14,30H2,1-7H3/b22-19+,31-12?. The van der Waals surface area contributed by atoms with Gasteiger partial charge in [0.25, 0.3) is 0 Å². The number of imide groups is 1. The van der Waals surface area contributed by atoms with E-state index in [9.17, 15) is 14.0 Å². The molecule has 2 saturated carbocycles. The van der Waals surface area contributed by atoms with Crippen molar-refractivity contribution in [2.24, 2.45) is 29.6 Å². The van der Waals surface area contributed by atoms with Gasteiger partial charge in [0.05, 0.1) is 17.9 Å². The van der Waals surface area contributed by atoms with Crippen LogP contribution in [0.15, 0.2) is 23.1 Å². The van der Waals surface area contributed by atoms with E-state index < -0.39 is 29.2 Å². The van der Waals surface area contributed by atoms with Crippen LogP contribution in [0, 0.1) is 17.7 Å². The van der Waals surface area contributed by atoms with Crippen molar-refractivity contribution in [1.29, 1.82) is 0 Å². The van der Waals surface area contributed by atoms with Crippen molar-refractivity contribution >= 4 is 34.9 Å². The third kappa shape index (κ3) is 7.13. The van der Waals surface area contributed by atoms with Gasteiger partial charge in [-0.05, 0) is 79.1 Å². The summed E-state index contributed by atoms with van der Waals surface area (Å²) in [7, 11) is 1.73. The minimum absolute atomic E-state index is 0.0130. The molecule has 2 N–H and O–H groups in total. The number of nitrogens with two attached hydrogens (primary N) is 1. The number of carbonyl (C=O) groups is 2. The zero-order valence-corrected chi connectivity index (χ0v) is 23.8. The molecule has 2 amide bonds. The summed E-state index contributed by atoms with van der Waals surface area (Å²) in [6.07, 6.45) is 6.52. The van der Waals surface area contributed by atoms with Crippen LogP contribution in [0.1, 0.15) is 72.9 Å². The predicted octanol–water partition coefficient (Wildman–Crippen LogP) is 5.21. The minimum atomic E-state index is -0.748. The Morgan fingerprint density at radius 2 is 1.74 bits per heavy atom. The largest absolute Gasteiger partial charge is 0.443 e. The molecule has 2 fully saturated rings. The lowest BCUT2D eigenvalue weighted by Crippen LogP contribution is -2.48. The highest BCUT2D eigenvalue weighted by atomic mass is 19.1. The SMILES string of the molecule is Cn1cc2c(/C(C=NC3CC(CN(C(=O)OC(C)(C)C)C(=O)OC(C)(C)C)C3)=C(/N)C3CC3)ncc(F)c2n1. The van der Waals surface area contributed by atoms with Gasteiger partial charge in [-0.25, -0.2) is 18.9 Å². The second-order valence-electron chi connectivity index (χ2n) is 12.5. The maximum atomic E-state index is 14.3. The summed E-state index contributed by atoms with van der Waals surface area (Å²) in [6, 6.07) is -0.0130. The molecule has 0 saturated heterocycles. The zero-order valence-electron chi connectivity index (χ0n) is 23.8. The molecule has 10 nitrogen and oxygen atoms in total. The summed E-state index contributed by atoms with van der Waals surface area (Å²) in [5.74, 6) is -0.179. The number of aryl methyl sites for hydroxylation is 1. The van der Waals surface area contributed by atoms with Crippen molar-refractivity contribution in [1.82, 2.24) is 19.7 Å². The number of hydrogen-bond acceptors (Lipinski definition) is 8. The number of nitrogens with zero attached hydrogens (tertiary/aromatic N) is 5. The number of allylic oxidation sites excluding steroid dienone is 2. The Hall–Kier alpha value is -3.50. The van der Waals surface area contributed by atoms with Gasteiger partial charge in [0.1, 0.15) is 16.7 Å². The average molecular weight is 543 g/mol. The maximum absolute atomic E-state index is 14.3. The van der Waals surface area contributed by atoms with Crippen LogP contribution in [0.2, 0.25) is 0 Å². The molecular weight excluding hydrogens is 503 g/mol. The van der Waals surface area contributed by atoms with Crippen LogP contribution in [0.3, 0.4) is 0 Å². The molecule has 0 aromatic carbocycles. The quantitative estimate of drug-likeness (QED) is 0.497. The topological polar surface area (TPSA) is 125 Å². The molecule has 2 aromatic rings. The normalized spacial score (nSPS) is 20.5. The number of carbonyl (C=O) groups excluding carboxylic acids is 2. The summed E-state index contributed by atoms with van der Waals surface area (Å²) in [4.78, 5) is 35.8. The van der Waals surface area contributed by atoms with Gasteiger partial charge in [0.15, 0.2) is 5.82 Å². The molecule has 212 valence electrons. The molecule has 2 aliphatic carbocycles. The van der Waals surface area contributed by atoms with E-state index in [0.29, 0.717) is 35.2 Å². The first-order valence-electron chi connectivity index (χ1n) is 13.4. The molecule has 11 heteroatoms. The van der Waals surface area contributed by atoms with E-state index in [0.717, 1.165) is 17.7 Å². The van der Waals surface area contributed by atoms with Gasteiger partial charge in [-0.2, -0.15) is 5.10 Å². The van der Waals surface area contributed by atoms with E-state index in [1.54, 1.807) is 65.7 Å². The van der Waals surface area contributed by atoms with E-state index in [1.165, 1.54) is 6.20 Å². The lowest BCUT2D eigenvalue weighted by molar-refractivity contribution is -0.00460. The van der Waals surface area contributed by atoms with Crippen molar-refractivity contribution in [2.75, 3.05) is 6.54 Å². The van der Waals surface area contributed by atoms with Gasteiger partial charge in [0, 0.05) is 42.7 Å². The molecule has 2 heterocycles. The fourth-order valence-corrected chi connectivity index (χ4v) is 4.46. The Morgan fingerprint density at radius 1 is 1.15 bits per heavy atom. The molecule has 0 unspecified atom stereocenters. The lowest BCUT2D eigenvalue weighted by atomic mass is 9.80. The third-order valence-corrected chi connectivity index (χ3v) is 6.49. The first-order chi connectivity index (χ1) is 18.1. The first kappa shape index (κ1) is 28.5. The number of rotatable bonds is 6. The average Bonchev–Trinajstić information content (AvgIpc) is 3.53. The van der Waals surface area contributed by atoms with Crippen LogP contribution in [-0.2, 0) is 16.5 Å². The summed E-state index contributed by atoms with van der Waals surface area (Å²) in [5, 5.41) is 4.80. The van der Waals surface area contributed by atoms with Crippen LogP contribution < -0.4 is 5.73 Å². The van der Waals surface area contributed by atoms with Crippen molar-refractivity contribution in [2.45, 2.75) is 84.5 Å². The predicted molar refractivity (Wildman–Crippen MR) is 146 cm³/mol. The first-order valence-corrected chi connectivity index (χ1v) is 13.4. The second-order valence-corrected chi connectivity index (χ2v) is 12.5. The molecular formula is C28H39FN6O4. The zero-order chi connectivity index (χ0) is 28.7. The number of halogens is 1. The molecule has 0 spiro atoms. The Morgan fingerprint density at radius 3 is 2.28 bits per heavy atom. The van der Waals surface area contributed by atoms with Crippen LogP contribution >= 0.6 is 0 Å². The molecule has 2 aromatic heterocycles. The monoisotopic (exact) mass is 542 g/mol. The fourth-order valence-electron chi connectivity index (χ4n) is 4.46. The smallest absolute Gasteiger partial charge is 0.419 e. The third-order valence-electron chi connectivity index (χ3n) is 6.49. The van der Waals surface area contributed by atoms with Crippen molar-refractivity contribution < 1.29 is 23.5 Å². The minimum Gasteiger partial charge on any atom is -0.443 e. The Kier molecular flexibility index (Phi) is 7.73. The molecule has 4 rings (SSSR count). The van der Waals surface area contributed by atoms with E-state index in [2.05, 4.69) is 10.1 Å². The molecule has 0 aliphatic heterocycles. The molecule has 0 atom stereocenters. The summed E-state index contributed by atoms with van der Waals surface area (Å²) in [6.45, 7) is 10.7. The van der Waals surface area contributed by atoms with Gasteiger partial charge in [-0.15, -0.1) is 0 Å². The molecule has 2 aliphatic rings. The van der Waals surface area contributed by atoms with E-state index in [4.69, 9.17) is 20.2 Å². The van der Waals surface area contributed by atoms with Crippen LogP contribution in [0.5, 0.6) is 0 Å². The van der Waals surface area contributed by atoms with Gasteiger partial charge in [-0.3, -0.25) is 14.7 Å². The van der Waals surface area contributed by atoms with Crippen molar-refractivity contribution in [3.05, 3.63) is 29.6 Å². The highest BCUT2D eigenvalue weighted by Gasteiger charge is 2.37. The van der Waals surface area contributed by atoms with E-state index >= 15 is 0 Å². The lowest BCUT2D eigenvalue weighted by Gasteiger charge is -2.36. The van der Waals surface area contributed by atoms with Crippen molar-refractivity contribution in [3.63, 3.8) is 0 Å². The summed E-state index contributed by atoms with van der Waals surface area (Å²) < 4.78 is 26.8. The number of aromatic nitrogens is 3. The van der Waals surface area contributed by atoms with Gasteiger partial charge < -0.3 is 15.2 Å². The van der Waals surface area contributed by atoms with E-state index in [1.807, 2.05) is 0 Å². The number of pyridine rings is 1. The number of fused-ring (bicyclic) bond motifs is 1. The van der Waals surface area contributed by atoms with Crippen molar-refractivity contribution in [3.8, 4) is 0 Å². The number of hydrogen-bond donors (Lipinski definition) is 1. The Balaban J connectivity index is 1.48. The van der Waals surface area contributed by atoms with Gasteiger partial charge >= 0.3 is 12.2 Å². The highest BCUT2D eigenvalue weighted by molar-refractivity contribution is 6.14. The highest BCUT2D eigenvalue weighted by Crippen LogP contribution is 2.38. The Labute approximate surface area is 228 Å².